The molecule has 0 saturated heterocycles. The van der Waals surface area contributed by atoms with E-state index in [1.807, 2.05) is 0 Å². The Kier molecular flexibility index (Phi) is 4.59. The summed E-state index contributed by atoms with van der Waals surface area (Å²) in [6.07, 6.45) is 0.611. The fraction of sp³-hybridized carbons (Fsp3) is 0.615. The van der Waals surface area contributed by atoms with Crippen LogP contribution in [-0.4, -0.2) is 37.9 Å². The van der Waals surface area contributed by atoms with Crippen LogP contribution in [0.15, 0.2) is 23.1 Å². The summed E-state index contributed by atoms with van der Waals surface area (Å²) in [5.74, 6) is -0.254. The van der Waals surface area contributed by atoms with Crippen molar-refractivity contribution in [2.45, 2.75) is 39.1 Å². The Labute approximate surface area is 115 Å². The lowest BCUT2D eigenvalue weighted by Crippen LogP contribution is -2.41. The Morgan fingerprint density at radius 1 is 1.60 bits per heavy atom. The minimum absolute atomic E-state index is 0.145. The normalized spacial score (nSPS) is 25.6. The molecule has 2 aliphatic rings. The maximum Gasteiger partial charge on any atom is 0.346 e. The van der Waals surface area contributed by atoms with Crippen molar-refractivity contribution < 1.29 is 27.8 Å². The number of esters is 1. The molecule has 2 atom stereocenters. The number of nitrogens with one attached hydrogen (secondary N) is 1. The second-order valence-electron chi connectivity index (χ2n) is 4.51. The van der Waals surface area contributed by atoms with Crippen LogP contribution in [0.25, 0.3) is 0 Å². The molecule has 1 aliphatic carbocycles. The number of carbonyl (C=O) groups is 1. The summed E-state index contributed by atoms with van der Waals surface area (Å²) in [6, 6.07) is 0. The van der Waals surface area contributed by atoms with Gasteiger partial charge in [-0.3, -0.25) is 0 Å². The Balaban J connectivity index is 2.26. The molecular weight excluding hydrogens is 272 g/mol. The van der Waals surface area contributed by atoms with Crippen LogP contribution in [-0.2, 0) is 19.0 Å². The smallest absolute Gasteiger partial charge is 0.346 e. The fourth-order valence-corrected chi connectivity index (χ4v) is 2.18. The molecule has 112 valence electrons. The van der Waals surface area contributed by atoms with Gasteiger partial charge in [0.1, 0.15) is 18.0 Å². The van der Waals surface area contributed by atoms with E-state index in [4.69, 9.17) is 9.47 Å². The molecule has 0 aromatic carbocycles. The highest BCUT2D eigenvalue weighted by molar-refractivity contribution is 5.93. The SMILES string of the molecule is CCOC(=O)C1=CCC(OC(F)F)C2=C1NCC(C)O2. The largest absolute Gasteiger partial charge is 0.488 e. The minimum Gasteiger partial charge on any atom is -0.488 e. The Morgan fingerprint density at radius 2 is 2.35 bits per heavy atom. The Bertz CT molecular complexity index is 448. The zero-order valence-electron chi connectivity index (χ0n) is 11.3. The summed E-state index contributed by atoms with van der Waals surface area (Å²) in [5, 5.41) is 3.02. The maximum absolute atomic E-state index is 12.4. The lowest BCUT2D eigenvalue weighted by molar-refractivity contribution is -0.165. The van der Waals surface area contributed by atoms with Crippen molar-refractivity contribution in [3.8, 4) is 0 Å². The summed E-state index contributed by atoms with van der Waals surface area (Å²) in [4.78, 5) is 11.9. The summed E-state index contributed by atoms with van der Waals surface area (Å²) < 4.78 is 39.9. The van der Waals surface area contributed by atoms with Gasteiger partial charge < -0.3 is 19.5 Å². The number of carbonyl (C=O) groups excluding carboxylic acids is 1. The topological polar surface area (TPSA) is 56.8 Å². The fourth-order valence-electron chi connectivity index (χ4n) is 2.18. The zero-order chi connectivity index (χ0) is 14.7. The molecule has 7 heteroatoms. The van der Waals surface area contributed by atoms with Crippen LogP contribution in [0.4, 0.5) is 8.78 Å². The van der Waals surface area contributed by atoms with Gasteiger partial charge in [0.15, 0.2) is 0 Å². The average Bonchev–Trinajstić information content (AvgIpc) is 2.39. The number of rotatable bonds is 4. The van der Waals surface area contributed by atoms with Gasteiger partial charge in [0.05, 0.1) is 24.4 Å². The van der Waals surface area contributed by atoms with E-state index in [9.17, 15) is 13.6 Å². The molecule has 1 N–H and O–H groups in total. The van der Waals surface area contributed by atoms with Crippen LogP contribution >= 0.6 is 0 Å². The highest BCUT2D eigenvalue weighted by atomic mass is 19.3. The quantitative estimate of drug-likeness (QED) is 0.798. The van der Waals surface area contributed by atoms with E-state index < -0.39 is 18.7 Å². The predicted octanol–water partition coefficient (Wildman–Crippen LogP) is 1.71. The molecule has 1 heterocycles. The first-order valence-electron chi connectivity index (χ1n) is 6.48. The number of hydrogen-bond acceptors (Lipinski definition) is 5. The maximum atomic E-state index is 12.4. The molecule has 5 nitrogen and oxygen atoms in total. The first-order chi connectivity index (χ1) is 9.52. The van der Waals surface area contributed by atoms with Crippen molar-refractivity contribution in [3.63, 3.8) is 0 Å². The number of hydrogen-bond donors (Lipinski definition) is 1. The third kappa shape index (κ3) is 3.09. The van der Waals surface area contributed by atoms with E-state index in [1.54, 1.807) is 13.8 Å². The van der Waals surface area contributed by atoms with Crippen molar-refractivity contribution >= 4 is 5.97 Å². The second kappa shape index (κ2) is 6.21. The molecule has 2 rings (SSSR count). The monoisotopic (exact) mass is 289 g/mol. The van der Waals surface area contributed by atoms with Gasteiger partial charge in [0.2, 0.25) is 0 Å². The molecule has 2 unspecified atom stereocenters. The number of alkyl halides is 2. The van der Waals surface area contributed by atoms with E-state index in [2.05, 4.69) is 10.1 Å². The van der Waals surface area contributed by atoms with E-state index in [1.165, 1.54) is 6.08 Å². The van der Waals surface area contributed by atoms with E-state index in [0.717, 1.165) is 0 Å². The zero-order valence-corrected chi connectivity index (χ0v) is 11.3. The Hall–Kier alpha value is -1.63. The van der Waals surface area contributed by atoms with Gasteiger partial charge in [-0.2, -0.15) is 8.78 Å². The first-order valence-corrected chi connectivity index (χ1v) is 6.48. The first kappa shape index (κ1) is 14.8. The van der Waals surface area contributed by atoms with Gasteiger partial charge in [-0.05, 0) is 13.8 Å². The molecule has 0 fully saturated rings. The molecule has 0 bridgehead atoms. The van der Waals surface area contributed by atoms with Crippen molar-refractivity contribution in [1.82, 2.24) is 5.32 Å². The standard InChI is InChI=1S/C13H17F2NO4/c1-3-18-12(17)8-4-5-9(20-13(14)15)11-10(8)16-6-7(2)19-11/h4,7,9,13,16H,3,5-6H2,1-2H3. The van der Waals surface area contributed by atoms with Crippen molar-refractivity contribution in [3.05, 3.63) is 23.1 Å². The van der Waals surface area contributed by atoms with Gasteiger partial charge >= 0.3 is 12.6 Å². The van der Waals surface area contributed by atoms with E-state index >= 15 is 0 Å². The van der Waals surface area contributed by atoms with E-state index in [0.29, 0.717) is 17.8 Å². The van der Waals surface area contributed by atoms with Crippen LogP contribution < -0.4 is 5.32 Å². The van der Waals surface area contributed by atoms with Gasteiger partial charge in [-0.1, -0.05) is 6.08 Å². The lowest BCUT2D eigenvalue weighted by Gasteiger charge is -2.34. The van der Waals surface area contributed by atoms with Crippen molar-refractivity contribution in [1.29, 1.82) is 0 Å². The highest BCUT2D eigenvalue weighted by Crippen LogP contribution is 2.31. The third-order valence-electron chi connectivity index (χ3n) is 3.00. The molecule has 0 saturated carbocycles. The van der Waals surface area contributed by atoms with Gasteiger partial charge in [-0.15, -0.1) is 0 Å². The minimum atomic E-state index is -2.90. The average molecular weight is 289 g/mol. The number of ether oxygens (including phenoxy) is 3. The molecule has 0 radical (unpaired) electrons. The summed E-state index contributed by atoms with van der Waals surface area (Å²) in [7, 11) is 0. The van der Waals surface area contributed by atoms with Crippen molar-refractivity contribution in [2.24, 2.45) is 0 Å². The van der Waals surface area contributed by atoms with Crippen molar-refractivity contribution in [2.75, 3.05) is 13.2 Å². The highest BCUT2D eigenvalue weighted by Gasteiger charge is 2.35. The molecule has 1 aliphatic heterocycles. The van der Waals surface area contributed by atoms with Gasteiger partial charge in [-0.25, -0.2) is 4.79 Å². The van der Waals surface area contributed by atoms with Gasteiger partial charge in [0.25, 0.3) is 0 Å². The second-order valence-corrected chi connectivity index (χ2v) is 4.51. The van der Waals surface area contributed by atoms with E-state index in [-0.39, 0.29) is 24.9 Å². The molecule has 0 aromatic rings. The number of halogens is 2. The molecular formula is C13H17F2NO4. The summed E-state index contributed by atoms with van der Waals surface area (Å²) in [6.45, 7) is 1.33. The molecule has 0 aromatic heterocycles. The van der Waals surface area contributed by atoms with Gasteiger partial charge in [0, 0.05) is 6.42 Å². The van der Waals surface area contributed by atoms with Crippen LogP contribution in [0.3, 0.4) is 0 Å². The molecule has 20 heavy (non-hydrogen) atoms. The van der Waals surface area contributed by atoms with Crippen LogP contribution in [0.1, 0.15) is 20.3 Å². The lowest BCUT2D eigenvalue weighted by atomic mass is 9.97. The Morgan fingerprint density at radius 3 is 3.00 bits per heavy atom. The van der Waals surface area contributed by atoms with Crippen LogP contribution in [0.2, 0.25) is 0 Å². The molecule has 0 amide bonds. The molecule has 0 spiro atoms. The summed E-state index contributed by atoms with van der Waals surface area (Å²) in [5.41, 5.74) is 0.696. The van der Waals surface area contributed by atoms with Crippen LogP contribution in [0.5, 0.6) is 0 Å². The summed E-state index contributed by atoms with van der Waals surface area (Å²) >= 11 is 0. The van der Waals surface area contributed by atoms with Crippen LogP contribution in [0, 0.1) is 0 Å². The third-order valence-corrected chi connectivity index (χ3v) is 3.00. The predicted molar refractivity (Wildman–Crippen MR) is 65.8 cm³/mol.